The van der Waals surface area contributed by atoms with Crippen molar-refractivity contribution < 1.29 is 4.79 Å². The summed E-state index contributed by atoms with van der Waals surface area (Å²) in [5, 5.41) is 8.21. The number of amides is 1. The second kappa shape index (κ2) is 6.88. The van der Waals surface area contributed by atoms with Crippen LogP contribution in [0.25, 0.3) is 16.0 Å². The highest BCUT2D eigenvalue weighted by molar-refractivity contribution is 7.22. The van der Waals surface area contributed by atoms with Gasteiger partial charge in [0.15, 0.2) is 16.4 Å². The predicted octanol–water partition coefficient (Wildman–Crippen LogP) is 2.17. The van der Waals surface area contributed by atoms with E-state index in [2.05, 4.69) is 20.4 Å². The smallest absolute Gasteiger partial charge is 0.352 e. The van der Waals surface area contributed by atoms with Crippen LogP contribution in [0.5, 0.6) is 0 Å². The number of nitrogens with one attached hydrogen (secondary N) is 1. The van der Waals surface area contributed by atoms with E-state index in [4.69, 9.17) is 11.6 Å². The molecule has 0 aliphatic rings. The van der Waals surface area contributed by atoms with Gasteiger partial charge < -0.3 is 10.2 Å². The quantitative estimate of drug-likeness (QED) is 0.546. The molecule has 0 bridgehead atoms. The fourth-order valence-electron chi connectivity index (χ4n) is 2.67. The molecule has 0 fully saturated rings. The number of aryl methyl sites for hydroxylation is 1. The molecule has 28 heavy (non-hydrogen) atoms. The van der Waals surface area contributed by atoms with Crippen molar-refractivity contribution in [2.75, 3.05) is 24.3 Å². The molecule has 3 aromatic heterocycles. The molecule has 3 heterocycles. The molecule has 4 aromatic rings. The topological polar surface area (TPSA) is 97.4 Å². The largest absolute Gasteiger partial charge is 0.354 e. The zero-order valence-corrected chi connectivity index (χ0v) is 16.9. The normalized spacial score (nSPS) is 11.3. The lowest BCUT2D eigenvalue weighted by Crippen LogP contribution is -2.28. The van der Waals surface area contributed by atoms with E-state index in [0.29, 0.717) is 26.7 Å². The molecule has 1 N–H and O–H groups in total. The van der Waals surface area contributed by atoms with Crippen LogP contribution in [0.3, 0.4) is 0 Å². The SMILES string of the molecule is Cc1ccc(NC(=O)Cn2nc3c4sc(N(C)C)nc4ncn3c2=O)c(Cl)c1. The molecule has 4 rings (SSSR count). The number of carbonyl (C=O) groups excluding carboxylic acids is 1. The molecule has 0 aliphatic carbocycles. The molecular weight excluding hydrogens is 402 g/mol. The van der Waals surface area contributed by atoms with Crippen molar-refractivity contribution in [3.63, 3.8) is 0 Å². The Morgan fingerprint density at radius 1 is 1.36 bits per heavy atom. The number of anilines is 2. The summed E-state index contributed by atoms with van der Waals surface area (Å²) >= 11 is 7.52. The van der Waals surface area contributed by atoms with E-state index in [1.165, 1.54) is 22.1 Å². The lowest BCUT2D eigenvalue weighted by molar-refractivity contribution is -0.117. The standard InChI is InChI=1S/C17H16ClN7O2S/c1-9-4-5-11(10(18)6-9)20-12(26)7-25-17(27)24-8-19-14-13(15(24)22-25)28-16(21-14)23(2)3/h4-6,8H,7H2,1-3H3,(H,20,26). The van der Waals surface area contributed by atoms with Crippen molar-refractivity contribution in [2.45, 2.75) is 13.5 Å². The Labute approximate surface area is 168 Å². The lowest BCUT2D eigenvalue weighted by atomic mass is 10.2. The number of fused-ring (bicyclic) bond motifs is 3. The van der Waals surface area contributed by atoms with Crippen molar-refractivity contribution >= 4 is 55.7 Å². The van der Waals surface area contributed by atoms with Gasteiger partial charge >= 0.3 is 5.69 Å². The summed E-state index contributed by atoms with van der Waals surface area (Å²) in [4.78, 5) is 35.5. The van der Waals surface area contributed by atoms with Crippen LogP contribution < -0.4 is 15.9 Å². The maximum Gasteiger partial charge on any atom is 0.352 e. The first-order valence-electron chi connectivity index (χ1n) is 8.31. The van der Waals surface area contributed by atoms with Gasteiger partial charge in [-0.2, -0.15) is 4.98 Å². The molecular formula is C17H16ClN7O2S. The van der Waals surface area contributed by atoms with Crippen LogP contribution in [0.2, 0.25) is 5.02 Å². The predicted molar refractivity (Wildman–Crippen MR) is 110 cm³/mol. The van der Waals surface area contributed by atoms with E-state index in [-0.39, 0.29) is 6.54 Å². The van der Waals surface area contributed by atoms with Gasteiger partial charge in [0, 0.05) is 14.1 Å². The molecule has 1 aromatic carbocycles. The van der Waals surface area contributed by atoms with Crippen LogP contribution in [0.4, 0.5) is 10.8 Å². The minimum Gasteiger partial charge on any atom is -0.354 e. The van der Waals surface area contributed by atoms with Crippen LogP contribution in [0.15, 0.2) is 29.3 Å². The molecule has 0 spiro atoms. The van der Waals surface area contributed by atoms with Gasteiger partial charge in [0.1, 0.15) is 17.6 Å². The monoisotopic (exact) mass is 417 g/mol. The third-order valence-electron chi connectivity index (χ3n) is 4.04. The van der Waals surface area contributed by atoms with Crippen LogP contribution in [-0.4, -0.2) is 44.2 Å². The van der Waals surface area contributed by atoms with Crippen molar-refractivity contribution in [1.29, 1.82) is 0 Å². The first kappa shape index (κ1) is 18.4. The number of hydrogen-bond acceptors (Lipinski definition) is 7. The summed E-state index contributed by atoms with van der Waals surface area (Å²) in [6, 6.07) is 5.31. The Morgan fingerprint density at radius 3 is 2.86 bits per heavy atom. The minimum atomic E-state index is -0.450. The number of carbonyl (C=O) groups is 1. The summed E-state index contributed by atoms with van der Waals surface area (Å²) in [6.45, 7) is 1.66. The van der Waals surface area contributed by atoms with Crippen molar-refractivity contribution in [3.05, 3.63) is 45.6 Å². The van der Waals surface area contributed by atoms with Gasteiger partial charge in [-0.15, -0.1) is 5.10 Å². The number of benzene rings is 1. The highest BCUT2D eigenvalue weighted by Crippen LogP contribution is 2.28. The van der Waals surface area contributed by atoms with Gasteiger partial charge in [-0.3, -0.25) is 4.79 Å². The number of thiazole rings is 1. The Kier molecular flexibility index (Phi) is 4.52. The molecule has 0 atom stereocenters. The molecule has 0 unspecified atom stereocenters. The van der Waals surface area contributed by atoms with Gasteiger partial charge in [-0.1, -0.05) is 29.0 Å². The summed E-state index contributed by atoms with van der Waals surface area (Å²) in [6.07, 6.45) is 1.37. The third-order valence-corrected chi connectivity index (χ3v) is 5.56. The second-order valence-electron chi connectivity index (χ2n) is 6.45. The molecule has 0 saturated heterocycles. The fraction of sp³-hybridized carbons (Fsp3) is 0.235. The number of hydrogen-bond donors (Lipinski definition) is 1. The molecule has 0 radical (unpaired) electrons. The van der Waals surface area contributed by atoms with Crippen LogP contribution in [0, 0.1) is 6.92 Å². The highest BCUT2D eigenvalue weighted by atomic mass is 35.5. The van der Waals surface area contributed by atoms with E-state index >= 15 is 0 Å². The average Bonchev–Trinajstić information content (AvgIpc) is 3.20. The van der Waals surface area contributed by atoms with E-state index in [0.717, 1.165) is 15.4 Å². The Balaban J connectivity index is 1.67. The number of nitrogens with zero attached hydrogens (tertiary/aromatic N) is 6. The third kappa shape index (κ3) is 3.20. The van der Waals surface area contributed by atoms with Gasteiger partial charge in [0.25, 0.3) is 0 Å². The van der Waals surface area contributed by atoms with E-state index < -0.39 is 11.6 Å². The second-order valence-corrected chi connectivity index (χ2v) is 7.84. The summed E-state index contributed by atoms with van der Waals surface area (Å²) in [5.41, 5.74) is 1.94. The van der Waals surface area contributed by atoms with Crippen LogP contribution in [0.1, 0.15) is 5.56 Å². The van der Waals surface area contributed by atoms with Gasteiger partial charge in [0.05, 0.1) is 10.7 Å². The maximum absolute atomic E-state index is 12.6. The van der Waals surface area contributed by atoms with Crippen LogP contribution >= 0.6 is 22.9 Å². The number of rotatable bonds is 4. The lowest BCUT2D eigenvalue weighted by Gasteiger charge is -2.07. The van der Waals surface area contributed by atoms with Crippen LogP contribution in [-0.2, 0) is 11.3 Å². The zero-order valence-electron chi connectivity index (χ0n) is 15.3. The highest BCUT2D eigenvalue weighted by Gasteiger charge is 2.17. The number of halogens is 1. The summed E-state index contributed by atoms with van der Waals surface area (Å²) in [5.74, 6) is -0.404. The zero-order chi connectivity index (χ0) is 20.0. The van der Waals surface area contributed by atoms with Crippen molar-refractivity contribution in [1.82, 2.24) is 24.1 Å². The maximum atomic E-state index is 12.6. The van der Waals surface area contributed by atoms with Crippen molar-refractivity contribution in [3.8, 4) is 0 Å². The number of aromatic nitrogens is 5. The van der Waals surface area contributed by atoms with E-state index in [9.17, 15) is 9.59 Å². The van der Waals surface area contributed by atoms with Gasteiger partial charge in [0.2, 0.25) is 5.91 Å². The summed E-state index contributed by atoms with van der Waals surface area (Å²) < 4.78 is 3.10. The van der Waals surface area contributed by atoms with E-state index in [1.807, 2.05) is 32.0 Å². The summed E-state index contributed by atoms with van der Waals surface area (Å²) in [7, 11) is 3.75. The molecule has 0 aliphatic heterocycles. The average molecular weight is 418 g/mol. The Hall–Kier alpha value is -2.98. The van der Waals surface area contributed by atoms with E-state index in [1.54, 1.807) is 12.1 Å². The Morgan fingerprint density at radius 2 is 2.14 bits per heavy atom. The van der Waals surface area contributed by atoms with Crippen molar-refractivity contribution in [2.24, 2.45) is 0 Å². The van der Waals surface area contributed by atoms with Gasteiger partial charge in [-0.25, -0.2) is 18.9 Å². The fourth-order valence-corrected chi connectivity index (χ4v) is 3.87. The first-order valence-corrected chi connectivity index (χ1v) is 9.51. The molecule has 11 heteroatoms. The molecule has 144 valence electrons. The molecule has 0 saturated carbocycles. The Bertz CT molecular complexity index is 1270. The minimum absolute atomic E-state index is 0.244. The van der Waals surface area contributed by atoms with Gasteiger partial charge in [-0.05, 0) is 24.6 Å². The molecule has 1 amide bonds. The first-order chi connectivity index (χ1) is 13.3. The molecule has 9 nitrogen and oxygen atoms in total.